The number of rotatable bonds is 3. The zero-order valence-corrected chi connectivity index (χ0v) is 10.3. The Morgan fingerprint density at radius 1 is 1.56 bits per heavy atom. The van der Waals surface area contributed by atoms with Crippen molar-refractivity contribution in [3.63, 3.8) is 0 Å². The highest BCUT2D eigenvalue weighted by atomic mass is 16.1. The van der Waals surface area contributed by atoms with Crippen LogP contribution in [0.25, 0.3) is 0 Å². The lowest BCUT2D eigenvalue weighted by Crippen LogP contribution is -2.40. The van der Waals surface area contributed by atoms with Crippen LogP contribution in [0.3, 0.4) is 0 Å². The molecule has 90 valence electrons. The molecule has 1 aliphatic rings. The molecule has 16 heavy (non-hydrogen) atoms. The summed E-state index contributed by atoms with van der Waals surface area (Å²) in [6.45, 7) is 6.25. The Balaban J connectivity index is 2.88. The fourth-order valence-corrected chi connectivity index (χ4v) is 2.84. The van der Waals surface area contributed by atoms with Gasteiger partial charge < -0.3 is 5.73 Å². The van der Waals surface area contributed by atoms with Crippen LogP contribution in [0.2, 0.25) is 0 Å². The lowest BCUT2D eigenvalue weighted by Gasteiger charge is -2.40. The Morgan fingerprint density at radius 2 is 2.19 bits per heavy atom. The molecular formula is C13H21NO2. The van der Waals surface area contributed by atoms with E-state index in [1.54, 1.807) is 6.08 Å². The molecule has 1 aliphatic carbocycles. The SMILES string of the molecule is CC(C)C1CCC(C)(C=C=O)CC1C(N)=O. The third-order valence-electron chi connectivity index (χ3n) is 3.88. The molecule has 3 atom stereocenters. The van der Waals surface area contributed by atoms with Crippen LogP contribution in [-0.4, -0.2) is 11.8 Å². The summed E-state index contributed by atoms with van der Waals surface area (Å²) in [7, 11) is 0. The number of carbonyl (C=O) groups is 1. The maximum atomic E-state index is 11.5. The van der Waals surface area contributed by atoms with Crippen molar-refractivity contribution in [2.24, 2.45) is 28.9 Å². The van der Waals surface area contributed by atoms with Gasteiger partial charge in [-0.2, -0.15) is 0 Å². The molecule has 0 aliphatic heterocycles. The number of carbonyl (C=O) groups excluding carboxylic acids is 2. The van der Waals surface area contributed by atoms with Crippen LogP contribution in [0, 0.1) is 23.2 Å². The van der Waals surface area contributed by atoms with Crippen LogP contribution in [-0.2, 0) is 9.59 Å². The van der Waals surface area contributed by atoms with Gasteiger partial charge in [0.05, 0.1) is 0 Å². The molecule has 0 saturated heterocycles. The summed E-state index contributed by atoms with van der Waals surface area (Å²) >= 11 is 0. The van der Waals surface area contributed by atoms with E-state index in [0.29, 0.717) is 18.3 Å². The van der Waals surface area contributed by atoms with Crippen molar-refractivity contribution in [2.45, 2.75) is 40.0 Å². The van der Waals surface area contributed by atoms with Crippen LogP contribution < -0.4 is 5.73 Å². The van der Waals surface area contributed by atoms with Gasteiger partial charge in [-0.15, -0.1) is 0 Å². The maximum Gasteiger partial charge on any atom is 0.220 e. The van der Waals surface area contributed by atoms with E-state index in [2.05, 4.69) is 13.8 Å². The minimum absolute atomic E-state index is 0.108. The lowest BCUT2D eigenvalue weighted by atomic mass is 9.63. The van der Waals surface area contributed by atoms with Crippen LogP contribution >= 0.6 is 0 Å². The molecule has 0 heterocycles. The molecule has 0 aromatic heterocycles. The molecule has 0 aromatic carbocycles. The Bertz CT molecular complexity index is 318. The monoisotopic (exact) mass is 223 g/mol. The topological polar surface area (TPSA) is 60.2 Å². The number of allylic oxidation sites excluding steroid dienone is 1. The molecule has 0 aromatic rings. The predicted octanol–water partition coefficient (Wildman–Crippen LogP) is 1.94. The summed E-state index contributed by atoms with van der Waals surface area (Å²) in [5, 5.41) is 0. The van der Waals surface area contributed by atoms with Crippen molar-refractivity contribution >= 4 is 11.8 Å². The second-order valence-corrected chi connectivity index (χ2v) is 5.58. The van der Waals surface area contributed by atoms with E-state index in [0.717, 1.165) is 12.8 Å². The summed E-state index contributed by atoms with van der Waals surface area (Å²) in [4.78, 5) is 21.9. The first-order valence-corrected chi connectivity index (χ1v) is 5.91. The minimum Gasteiger partial charge on any atom is -0.369 e. The Morgan fingerprint density at radius 3 is 2.62 bits per heavy atom. The Kier molecular flexibility index (Phi) is 3.93. The first-order valence-electron chi connectivity index (χ1n) is 5.91. The van der Waals surface area contributed by atoms with Crippen LogP contribution in [0.1, 0.15) is 40.0 Å². The first-order chi connectivity index (χ1) is 7.39. The van der Waals surface area contributed by atoms with E-state index in [-0.39, 0.29) is 17.2 Å². The van der Waals surface area contributed by atoms with Crippen molar-refractivity contribution in [1.29, 1.82) is 0 Å². The fourth-order valence-electron chi connectivity index (χ4n) is 2.84. The second kappa shape index (κ2) is 4.84. The first kappa shape index (κ1) is 13.0. The van der Waals surface area contributed by atoms with Gasteiger partial charge in [-0.05, 0) is 36.5 Å². The summed E-state index contributed by atoms with van der Waals surface area (Å²) < 4.78 is 0. The molecule has 1 fully saturated rings. The van der Waals surface area contributed by atoms with E-state index in [1.165, 1.54) is 0 Å². The van der Waals surface area contributed by atoms with Gasteiger partial charge in [0, 0.05) is 12.0 Å². The number of hydrogen-bond donors (Lipinski definition) is 1. The van der Waals surface area contributed by atoms with Crippen LogP contribution in [0.15, 0.2) is 6.08 Å². The Labute approximate surface area is 97.1 Å². The van der Waals surface area contributed by atoms with Gasteiger partial charge in [-0.25, -0.2) is 4.79 Å². The van der Waals surface area contributed by atoms with Gasteiger partial charge >= 0.3 is 0 Å². The molecule has 3 heteroatoms. The highest BCUT2D eigenvalue weighted by molar-refractivity contribution is 5.77. The molecule has 2 N–H and O–H groups in total. The van der Waals surface area contributed by atoms with Crippen molar-refractivity contribution in [2.75, 3.05) is 0 Å². The molecule has 0 radical (unpaired) electrons. The highest BCUT2D eigenvalue weighted by Crippen LogP contribution is 2.45. The Hall–Kier alpha value is -1.08. The van der Waals surface area contributed by atoms with Gasteiger partial charge in [0.2, 0.25) is 5.91 Å². The van der Waals surface area contributed by atoms with E-state index in [1.807, 2.05) is 12.9 Å². The van der Waals surface area contributed by atoms with Crippen molar-refractivity contribution < 1.29 is 9.59 Å². The summed E-state index contributed by atoms with van der Waals surface area (Å²) in [5.41, 5.74) is 5.26. The fraction of sp³-hybridized carbons (Fsp3) is 0.769. The zero-order chi connectivity index (χ0) is 12.3. The maximum absolute atomic E-state index is 11.5. The van der Waals surface area contributed by atoms with Gasteiger partial charge in [0.1, 0.15) is 5.94 Å². The van der Waals surface area contributed by atoms with Gasteiger partial charge in [-0.3, -0.25) is 4.79 Å². The lowest BCUT2D eigenvalue weighted by molar-refractivity contribution is -0.126. The van der Waals surface area contributed by atoms with Crippen LogP contribution in [0.5, 0.6) is 0 Å². The third kappa shape index (κ3) is 2.73. The number of hydrogen-bond acceptors (Lipinski definition) is 2. The number of primary amides is 1. The van der Waals surface area contributed by atoms with Gasteiger partial charge in [0.15, 0.2) is 0 Å². The quantitative estimate of drug-likeness (QED) is 0.743. The molecular weight excluding hydrogens is 202 g/mol. The van der Waals surface area contributed by atoms with Crippen molar-refractivity contribution in [1.82, 2.24) is 0 Å². The van der Waals surface area contributed by atoms with Gasteiger partial charge in [0.25, 0.3) is 0 Å². The standard InChI is InChI=1S/C13H21NO2/c1-9(2)10-4-5-13(3,6-7-15)8-11(10)12(14)16/h6,9-11H,4-5,8H2,1-3H3,(H2,14,16). The number of nitrogens with two attached hydrogens (primary N) is 1. The zero-order valence-electron chi connectivity index (χ0n) is 10.3. The molecule has 1 rings (SSSR count). The van der Waals surface area contributed by atoms with Crippen molar-refractivity contribution in [3.05, 3.63) is 6.08 Å². The summed E-state index contributed by atoms with van der Waals surface area (Å²) in [6, 6.07) is 0. The molecule has 3 nitrogen and oxygen atoms in total. The number of amides is 1. The molecule has 0 spiro atoms. The molecule has 1 amide bonds. The minimum atomic E-state index is -0.232. The second-order valence-electron chi connectivity index (χ2n) is 5.58. The molecule has 1 saturated carbocycles. The third-order valence-corrected chi connectivity index (χ3v) is 3.88. The molecule has 3 unspecified atom stereocenters. The average Bonchev–Trinajstić information content (AvgIpc) is 2.16. The summed E-state index contributed by atoms with van der Waals surface area (Å²) in [6.07, 6.45) is 4.13. The van der Waals surface area contributed by atoms with Gasteiger partial charge in [-0.1, -0.05) is 20.8 Å². The molecule has 0 bridgehead atoms. The summed E-state index contributed by atoms with van der Waals surface area (Å²) in [5.74, 6) is 2.33. The predicted molar refractivity (Wildman–Crippen MR) is 63.2 cm³/mol. The van der Waals surface area contributed by atoms with E-state index in [4.69, 9.17) is 5.73 Å². The van der Waals surface area contributed by atoms with Crippen LogP contribution in [0.4, 0.5) is 0 Å². The largest absolute Gasteiger partial charge is 0.369 e. The average molecular weight is 223 g/mol. The van der Waals surface area contributed by atoms with Crippen molar-refractivity contribution in [3.8, 4) is 0 Å². The normalized spacial score (nSPS) is 34.5. The highest BCUT2D eigenvalue weighted by Gasteiger charge is 2.40. The van der Waals surface area contributed by atoms with E-state index >= 15 is 0 Å². The van der Waals surface area contributed by atoms with E-state index in [9.17, 15) is 9.59 Å². The smallest absolute Gasteiger partial charge is 0.220 e. The van der Waals surface area contributed by atoms with E-state index < -0.39 is 0 Å².